The molecule has 0 aliphatic heterocycles. The fourth-order valence-electron chi connectivity index (χ4n) is 3.03. The van der Waals surface area contributed by atoms with Crippen LogP contribution in [0.2, 0.25) is 0 Å². The molecule has 0 fully saturated rings. The molecule has 1 heterocycles. The minimum absolute atomic E-state index is 0.0194. The van der Waals surface area contributed by atoms with Crippen LogP contribution in [0, 0.1) is 13.8 Å². The lowest BCUT2D eigenvalue weighted by Crippen LogP contribution is -2.30. The van der Waals surface area contributed by atoms with Crippen LogP contribution >= 0.6 is 0 Å². The second-order valence-corrected chi connectivity index (χ2v) is 6.20. The minimum Gasteiger partial charge on any atom is -0.308 e. The van der Waals surface area contributed by atoms with E-state index in [9.17, 15) is 4.79 Å². The van der Waals surface area contributed by atoms with Crippen LogP contribution in [0.1, 0.15) is 36.8 Å². The van der Waals surface area contributed by atoms with Crippen LogP contribution in [0.15, 0.2) is 47.3 Å². The van der Waals surface area contributed by atoms with E-state index in [1.54, 1.807) is 4.57 Å². The van der Waals surface area contributed by atoms with Crippen LogP contribution in [-0.4, -0.2) is 16.1 Å². The fourth-order valence-corrected chi connectivity index (χ4v) is 3.03. The summed E-state index contributed by atoms with van der Waals surface area (Å²) in [4.78, 5) is 18.0. The van der Waals surface area contributed by atoms with Crippen LogP contribution in [0.5, 0.6) is 0 Å². The van der Waals surface area contributed by atoms with Gasteiger partial charge < -0.3 is 5.32 Å². The number of benzene rings is 2. The summed E-state index contributed by atoms with van der Waals surface area (Å²) in [7, 11) is 0. The average molecular weight is 321 g/mol. The SMILES string of the molecule is CCN[C@@H](C)c1nc2ccccc2c(=O)n1-c1cc(C)ccc1C. The number of nitrogens with zero attached hydrogens (tertiary/aromatic N) is 2. The topological polar surface area (TPSA) is 46.9 Å². The van der Waals surface area contributed by atoms with Gasteiger partial charge in [0.2, 0.25) is 0 Å². The molecule has 0 radical (unpaired) electrons. The normalized spacial score (nSPS) is 12.5. The van der Waals surface area contributed by atoms with Crippen molar-refractivity contribution in [3.63, 3.8) is 0 Å². The molecule has 0 spiro atoms. The van der Waals surface area contributed by atoms with Gasteiger partial charge in [-0.3, -0.25) is 9.36 Å². The third kappa shape index (κ3) is 2.85. The summed E-state index contributed by atoms with van der Waals surface area (Å²) >= 11 is 0. The van der Waals surface area contributed by atoms with Gasteiger partial charge in [0.1, 0.15) is 5.82 Å². The summed E-state index contributed by atoms with van der Waals surface area (Å²) in [5.74, 6) is 0.745. The van der Waals surface area contributed by atoms with Gasteiger partial charge in [-0.15, -0.1) is 0 Å². The van der Waals surface area contributed by atoms with Crippen LogP contribution < -0.4 is 10.9 Å². The number of rotatable bonds is 4. The van der Waals surface area contributed by atoms with Crippen molar-refractivity contribution in [2.24, 2.45) is 0 Å². The molecule has 0 unspecified atom stereocenters. The largest absolute Gasteiger partial charge is 0.308 e. The first-order valence-corrected chi connectivity index (χ1v) is 8.35. The highest BCUT2D eigenvalue weighted by Crippen LogP contribution is 2.21. The highest BCUT2D eigenvalue weighted by atomic mass is 16.1. The Morgan fingerprint density at radius 3 is 2.67 bits per heavy atom. The Morgan fingerprint density at radius 1 is 1.17 bits per heavy atom. The van der Waals surface area contributed by atoms with Gasteiger partial charge in [0.05, 0.1) is 22.6 Å². The number of aryl methyl sites for hydroxylation is 2. The van der Waals surface area contributed by atoms with Crippen molar-refractivity contribution in [3.05, 3.63) is 69.8 Å². The number of fused-ring (bicyclic) bond motifs is 1. The summed E-state index contributed by atoms with van der Waals surface area (Å²) < 4.78 is 1.76. The van der Waals surface area contributed by atoms with E-state index in [0.717, 1.165) is 34.7 Å². The summed E-state index contributed by atoms with van der Waals surface area (Å²) in [6.45, 7) is 8.98. The van der Waals surface area contributed by atoms with Crippen LogP contribution in [-0.2, 0) is 0 Å². The maximum absolute atomic E-state index is 13.2. The van der Waals surface area contributed by atoms with E-state index >= 15 is 0 Å². The number of aromatic nitrogens is 2. The van der Waals surface area contributed by atoms with Gasteiger partial charge in [-0.2, -0.15) is 0 Å². The van der Waals surface area contributed by atoms with Crippen molar-refractivity contribution in [1.82, 2.24) is 14.9 Å². The lowest BCUT2D eigenvalue weighted by Gasteiger charge is -2.20. The van der Waals surface area contributed by atoms with E-state index in [1.165, 1.54) is 0 Å². The van der Waals surface area contributed by atoms with Gasteiger partial charge in [-0.05, 0) is 56.6 Å². The first kappa shape index (κ1) is 16.4. The molecule has 124 valence electrons. The number of para-hydroxylation sites is 1. The first-order chi connectivity index (χ1) is 11.5. The Kier molecular flexibility index (Phi) is 4.49. The van der Waals surface area contributed by atoms with Crippen LogP contribution in [0.25, 0.3) is 16.6 Å². The molecule has 2 aromatic carbocycles. The van der Waals surface area contributed by atoms with Gasteiger partial charge in [-0.1, -0.05) is 31.2 Å². The molecular formula is C20H23N3O. The van der Waals surface area contributed by atoms with Crippen molar-refractivity contribution in [2.75, 3.05) is 6.54 Å². The van der Waals surface area contributed by atoms with Gasteiger partial charge in [-0.25, -0.2) is 4.98 Å². The lowest BCUT2D eigenvalue weighted by atomic mass is 10.1. The molecule has 0 aliphatic rings. The Labute approximate surface area is 142 Å². The zero-order chi connectivity index (χ0) is 17.3. The molecule has 1 N–H and O–H groups in total. The Morgan fingerprint density at radius 2 is 1.92 bits per heavy atom. The summed E-state index contributed by atoms with van der Waals surface area (Å²) in [5, 5.41) is 4.02. The molecular weight excluding hydrogens is 298 g/mol. The van der Waals surface area contributed by atoms with E-state index in [0.29, 0.717) is 5.39 Å². The van der Waals surface area contributed by atoms with Crippen molar-refractivity contribution in [3.8, 4) is 5.69 Å². The van der Waals surface area contributed by atoms with Gasteiger partial charge in [0.15, 0.2) is 0 Å². The van der Waals surface area contributed by atoms with Crippen molar-refractivity contribution in [2.45, 2.75) is 33.7 Å². The Bertz CT molecular complexity index is 943. The summed E-state index contributed by atoms with van der Waals surface area (Å²) in [5.41, 5.74) is 3.80. The number of hydrogen-bond acceptors (Lipinski definition) is 3. The Balaban J connectivity index is 2.39. The van der Waals surface area contributed by atoms with E-state index < -0.39 is 0 Å². The molecule has 0 amide bonds. The maximum atomic E-state index is 13.2. The highest BCUT2D eigenvalue weighted by Gasteiger charge is 2.18. The van der Waals surface area contributed by atoms with Gasteiger partial charge in [0, 0.05) is 0 Å². The summed E-state index contributed by atoms with van der Waals surface area (Å²) in [6.07, 6.45) is 0. The van der Waals surface area contributed by atoms with Gasteiger partial charge >= 0.3 is 0 Å². The van der Waals surface area contributed by atoms with E-state index in [2.05, 4.69) is 24.4 Å². The summed E-state index contributed by atoms with van der Waals surface area (Å²) in [6, 6.07) is 13.7. The quantitative estimate of drug-likeness (QED) is 0.797. The second kappa shape index (κ2) is 6.57. The van der Waals surface area contributed by atoms with Crippen LogP contribution in [0.3, 0.4) is 0 Å². The molecule has 24 heavy (non-hydrogen) atoms. The van der Waals surface area contributed by atoms with E-state index in [-0.39, 0.29) is 11.6 Å². The molecule has 1 aromatic heterocycles. The molecule has 3 rings (SSSR count). The molecule has 0 saturated carbocycles. The zero-order valence-electron chi connectivity index (χ0n) is 14.6. The van der Waals surface area contributed by atoms with Gasteiger partial charge in [0.25, 0.3) is 5.56 Å². The predicted octanol–water partition coefficient (Wildman–Crippen LogP) is 3.67. The predicted molar refractivity (Wildman–Crippen MR) is 98.9 cm³/mol. The minimum atomic E-state index is -0.0211. The average Bonchev–Trinajstić information content (AvgIpc) is 2.57. The molecule has 4 heteroatoms. The smallest absolute Gasteiger partial charge is 0.266 e. The third-order valence-corrected chi connectivity index (χ3v) is 4.30. The van der Waals surface area contributed by atoms with Crippen molar-refractivity contribution >= 4 is 10.9 Å². The number of nitrogens with one attached hydrogen (secondary N) is 1. The standard InChI is InChI=1S/C20H23N3O/c1-5-21-15(4)19-22-17-9-7-6-8-16(17)20(24)23(19)18-12-13(2)10-11-14(18)3/h6-12,15,21H,5H2,1-4H3/t15-/m0/s1. The van der Waals surface area contributed by atoms with Crippen molar-refractivity contribution in [1.29, 1.82) is 0 Å². The highest BCUT2D eigenvalue weighted by molar-refractivity contribution is 5.78. The number of hydrogen-bond donors (Lipinski definition) is 1. The van der Waals surface area contributed by atoms with E-state index in [1.807, 2.05) is 51.1 Å². The molecule has 3 aromatic rings. The van der Waals surface area contributed by atoms with Crippen LogP contribution in [0.4, 0.5) is 0 Å². The fraction of sp³-hybridized carbons (Fsp3) is 0.300. The Hall–Kier alpha value is -2.46. The monoisotopic (exact) mass is 321 g/mol. The lowest BCUT2D eigenvalue weighted by molar-refractivity contribution is 0.550. The zero-order valence-corrected chi connectivity index (χ0v) is 14.6. The molecule has 0 saturated heterocycles. The molecule has 1 atom stereocenters. The van der Waals surface area contributed by atoms with E-state index in [4.69, 9.17) is 4.98 Å². The molecule has 0 bridgehead atoms. The maximum Gasteiger partial charge on any atom is 0.266 e. The molecule has 4 nitrogen and oxygen atoms in total. The van der Waals surface area contributed by atoms with Crippen molar-refractivity contribution < 1.29 is 0 Å². The first-order valence-electron chi connectivity index (χ1n) is 8.35. The molecule has 0 aliphatic carbocycles. The third-order valence-electron chi connectivity index (χ3n) is 4.30. The second-order valence-electron chi connectivity index (χ2n) is 6.20.